The van der Waals surface area contributed by atoms with Gasteiger partial charge in [-0.1, -0.05) is 5.21 Å². The second kappa shape index (κ2) is 6.74. The van der Waals surface area contributed by atoms with Gasteiger partial charge >= 0.3 is 0 Å². The highest BCUT2D eigenvalue weighted by molar-refractivity contribution is 5.89. The summed E-state index contributed by atoms with van der Waals surface area (Å²) in [5.41, 5.74) is 2.67. The summed E-state index contributed by atoms with van der Waals surface area (Å²) in [4.78, 5) is 15.4. The van der Waals surface area contributed by atoms with Crippen LogP contribution in [0, 0.1) is 0 Å². The highest BCUT2D eigenvalue weighted by Crippen LogP contribution is 2.23. The van der Waals surface area contributed by atoms with Crippen LogP contribution in [-0.2, 0) is 17.8 Å². The molecule has 1 amide bonds. The first-order valence-corrected chi connectivity index (χ1v) is 7.88. The van der Waals surface area contributed by atoms with Gasteiger partial charge in [0.2, 0.25) is 5.91 Å². The van der Waals surface area contributed by atoms with Gasteiger partial charge in [0.1, 0.15) is 11.4 Å². The smallest absolute Gasteiger partial charge is 0.224 e. The van der Waals surface area contributed by atoms with Gasteiger partial charge in [-0.3, -0.25) is 4.79 Å². The summed E-state index contributed by atoms with van der Waals surface area (Å²) in [5, 5.41) is 12.0. The summed E-state index contributed by atoms with van der Waals surface area (Å²) in [5.74, 6) is 0.715. The first kappa shape index (κ1) is 16.0. The molecule has 0 aliphatic carbocycles. The maximum Gasteiger partial charge on any atom is 0.224 e. The van der Waals surface area contributed by atoms with Crippen LogP contribution in [0.2, 0.25) is 0 Å². The SMILES string of the molecule is COc1ccc2[nH]cc(CC(=O)NCc3cn(C(C)C)nn3)c2c1. The minimum absolute atomic E-state index is 0.0576. The summed E-state index contributed by atoms with van der Waals surface area (Å²) in [6.07, 6.45) is 4.01. The Morgan fingerprint density at radius 1 is 1.42 bits per heavy atom. The number of hydrogen-bond donors (Lipinski definition) is 2. The van der Waals surface area contributed by atoms with Crippen molar-refractivity contribution in [2.75, 3.05) is 7.11 Å². The lowest BCUT2D eigenvalue weighted by Gasteiger charge is -2.04. The fourth-order valence-corrected chi connectivity index (χ4v) is 2.50. The average molecular weight is 327 g/mol. The van der Waals surface area contributed by atoms with E-state index in [1.165, 1.54) is 0 Å². The largest absolute Gasteiger partial charge is 0.497 e. The van der Waals surface area contributed by atoms with Crippen molar-refractivity contribution >= 4 is 16.8 Å². The van der Waals surface area contributed by atoms with E-state index in [2.05, 4.69) is 20.6 Å². The number of carbonyl (C=O) groups excluding carboxylic acids is 1. The molecule has 2 heterocycles. The van der Waals surface area contributed by atoms with Crippen LogP contribution in [0.1, 0.15) is 31.1 Å². The number of ether oxygens (including phenoxy) is 1. The van der Waals surface area contributed by atoms with Crippen LogP contribution in [0.25, 0.3) is 10.9 Å². The highest BCUT2D eigenvalue weighted by atomic mass is 16.5. The predicted octanol–water partition coefficient (Wildman–Crippen LogP) is 2.21. The number of nitrogens with zero attached hydrogens (tertiary/aromatic N) is 3. The Bertz CT molecular complexity index is 850. The number of amides is 1. The number of methoxy groups -OCH3 is 1. The van der Waals surface area contributed by atoms with Crippen molar-refractivity contribution in [2.24, 2.45) is 0 Å². The molecule has 0 bridgehead atoms. The molecule has 2 aromatic heterocycles. The molecule has 0 aliphatic rings. The first-order valence-electron chi connectivity index (χ1n) is 7.88. The number of rotatable bonds is 6. The summed E-state index contributed by atoms with van der Waals surface area (Å²) in [6, 6.07) is 6.02. The van der Waals surface area contributed by atoms with Crippen LogP contribution in [0.5, 0.6) is 5.75 Å². The number of carbonyl (C=O) groups is 1. The lowest BCUT2D eigenvalue weighted by atomic mass is 10.1. The van der Waals surface area contributed by atoms with Crippen molar-refractivity contribution in [2.45, 2.75) is 32.9 Å². The van der Waals surface area contributed by atoms with Gasteiger partial charge < -0.3 is 15.0 Å². The van der Waals surface area contributed by atoms with Gasteiger partial charge in [-0.25, -0.2) is 4.68 Å². The predicted molar refractivity (Wildman–Crippen MR) is 90.8 cm³/mol. The van der Waals surface area contributed by atoms with Crippen LogP contribution in [-0.4, -0.2) is 33.0 Å². The number of aromatic nitrogens is 4. The summed E-state index contributed by atoms with van der Waals surface area (Å²) < 4.78 is 7.02. The Kier molecular flexibility index (Phi) is 4.50. The Labute approximate surface area is 140 Å². The van der Waals surface area contributed by atoms with Crippen LogP contribution >= 0.6 is 0 Å². The van der Waals surface area contributed by atoms with E-state index in [1.54, 1.807) is 11.8 Å². The van der Waals surface area contributed by atoms with E-state index in [-0.39, 0.29) is 11.9 Å². The normalized spacial score (nSPS) is 11.2. The highest BCUT2D eigenvalue weighted by Gasteiger charge is 2.11. The van der Waals surface area contributed by atoms with E-state index in [0.717, 1.165) is 27.9 Å². The van der Waals surface area contributed by atoms with Gasteiger partial charge in [0.15, 0.2) is 0 Å². The van der Waals surface area contributed by atoms with Crippen LogP contribution < -0.4 is 10.1 Å². The molecule has 0 unspecified atom stereocenters. The number of hydrogen-bond acceptors (Lipinski definition) is 4. The van der Waals surface area contributed by atoms with E-state index < -0.39 is 0 Å². The van der Waals surface area contributed by atoms with E-state index in [1.807, 2.05) is 44.4 Å². The topological polar surface area (TPSA) is 84.8 Å². The van der Waals surface area contributed by atoms with Crippen molar-refractivity contribution < 1.29 is 9.53 Å². The molecule has 3 rings (SSSR count). The quantitative estimate of drug-likeness (QED) is 0.727. The number of fused-ring (bicyclic) bond motifs is 1. The number of nitrogens with one attached hydrogen (secondary N) is 2. The lowest BCUT2D eigenvalue weighted by molar-refractivity contribution is -0.120. The molecule has 7 heteroatoms. The second-order valence-corrected chi connectivity index (χ2v) is 5.96. The van der Waals surface area contributed by atoms with Crippen LogP contribution in [0.4, 0.5) is 0 Å². The molecule has 0 radical (unpaired) electrons. The summed E-state index contributed by atoms with van der Waals surface area (Å²) in [6.45, 7) is 4.43. The minimum atomic E-state index is -0.0576. The monoisotopic (exact) mass is 327 g/mol. The molecule has 24 heavy (non-hydrogen) atoms. The molecule has 0 atom stereocenters. The fourth-order valence-electron chi connectivity index (χ4n) is 2.50. The summed E-state index contributed by atoms with van der Waals surface area (Å²) >= 11 is 0. The zero-order valence-corrected chi connectivity index (χ0v) is 14.0. The van der Waals surface area contributed by atoms with E-state index in [4.69, 9.17) is 4.74 Å². The fraction of sp³-hybridized carbons (Fsp3) is 0.353. The molecule has 3 aromatic rings. The van der Waals surface area contributed by atoms with Crippen molar-refractivity contribution in [1.29, 1.82) is 0 Å². The third-order valence-electron chi connectivity index (χ3n) is 3.88. The average Bonchev–Trinajstić information content (AvgIpc) is 3.20. The molecule has 2 N–H and O–H groups in total. The molecule has 0 spiro atoms. The number of aromatic amines is 1. The third-order valence-corrected chi connectivity index (χ3v) is 3.88. The van der Waals surface area contributed by atoms with Crippen LogP contribution in [0.3, 0.4) is 0 Å². The summed E-state index contributed by atoms with van der Waals surface area (Å²) in [7, 11) is 1.63. The molecule has 7 nitrogen and oxygen atoms in total. The molecule has 0 saturated heterocycles. The molecular weight excluding hydrogens is 306 g/mol. The Hall–Kier alpha value is -2.83. The molecule has 0 aliphatic heterocycles. The molecule has 0 saturated carbocycles. The van der Waals surface area contributed by atoms with Gasteiger partial charge in [0.05, 0.1) is 26.3 Å². The zero-order chi connectivity index (χ0) is 17.1. The number of H-pyrrole nitrogens is 1. The van der Waals surface area contributed by atoms with Gasteiger partial charge in [-0.05, 0) is 37.6 Å². The van der Waals surface area contributed by atoms with Crippen molar-refractivity contribution in [3.05, 3.63) is 41.9 Å². The van der Waals surface area contributed by atoms with Gasteiger partial charge in [-0.2, -0.15) is 0 Å². The third kappa shape index (κ3) is 3.40. The zero-order valence-electron chi connectivity index (χ0n) is 14.0. The van der Waals surface area contributed by atoms with Crippen molar-refractivity contribution in [3.63, 3.8) is 0 Å². The Balaban J connectivity index is 1.64. The first-order chi connectivity index (χ1) is 11.6. The standard InChI is InChI=1S/C17H21N5O2/c1-11(2)22-10-13(20-21-22)9-19-17(23)6-12-8-18-16-5-4-14(24-3)7-15(12)16/h4-5,7-8,10-11,18H,6,9H2,1-3H3,(H,19,23). The van der Waals surface area contributed by atoms with E-state index in [9.17, 15) is 4.79 Å². The number of benzene rings is 1. The van der Waals surface area contributed by atoms with Gasteiger partial charge in [0.25, 0.3) is 0 Å². The Morgan fingerprint density at radius 3 is 2.96 bits per heavy atom. The van der Waals surface area contributed by atoms with E-state index in [0.29, 0.717) is 13.0 Å². The van der Waals surface area contributed by atoms with Gasteiger partial charge in [-0.15, -0.1) is 5.10 Å². The van der Waals surface area contributed by atoms with Crippen molar-refractivity contribution in [1.82, 2.24) is 25.3 Å². The molecule has 0 fully saturated rings. The Morgan fingerprint density at radius 2 is 2.25 bits per heavy atom. The minimum Gasteiger partial charge on any atom is -0.497 e. The molecular formula is C17H21N5O2. The maximum absolute atomic E-state index is 12.2. The van der Waals surface area contributed by atoms with Crippen molar-refractivity contribution in [3.8, 4) is 5.75 Å². The molecule has 1 aromatic carbocycles. The van der Waals surface area contributed by atoms with Crippen LogP contribution in [0.15, 0.2) is 30.6 Å². The van der Waals surface area contributed by atoms with Gasteiger partial charge in [0, 0.05) is 23.1 Å². The maximum atomic E-state index is 12.2. The lowest BCUT2D eigenvalue weighted by Crippen LogP contribution is -2.24. The second-order valence-electron chi connectivity index (χ2n) is 5.96. The molecule has 126 valence electrons. The van der Waals surface area contributed by atoms with E-state index >= 15 is 0 Å².